The second kappa shape index (κ2) is 4.68. The van der Waals surface area contributed by atoms with Crippen LogP contribution < -0.4 is 9.46 Å². The predicted molar refractivity (Wildman–Crippen MR) is 74.7 cm³/mol. The molecule has 20 heavy (non-hydrogen) atoms. The van der Waals surface area contributed by atoms with Gasteiger partial charge >= 0.3 is 0 Å². The number of nitrogens with one attached hydrogen (secondary N) is 1. The Kier molecular flexibility index (Phi) is 3.10. The third-order valence-corrected chi connectivity index (χ3v) is 4.90. The first-order valence-corrected chi connectivity index (χ1v) is 7.79. The Balaban J connectivity index is 1.92. The third-order valence-electron chi connectivity index (χ3n) is 3.03. The van der Waals surface area contributed by atoms with Gasteiger partial charge in [0.05, 0.1) is 12.9 Å². The van der Waals surface area contributed by atoms with Crippen LogP contribution in [0.4, 0.5) is 5.69 Å². The third kappa shape index (κ3) is 2.23. The van der Waals surface area contributed by atoms with Gasteiger partial charge in [-0.25, -0.2) is 4.98 Å². The lowest BCUT2D eigenvalue weighted by Gasteiger charge is -2.08. The molecule has 0 spiro atoms. The second-order valence-corrected chi connectivity index (χ2v) is 6.43. The highest BCUT2D eigenvalue weighted by Crippen LogP contribution is 2.29. The molecule has 0 saturated carbocycles. The summed E-state index contributed by atoms with van der Waals surface area (Å²) < 4.78 is 33.8. The Morgan fingerprint density at radius 2 is 2.25 bits per heavy atom. The fraction of sp³-hybridized carbons (Fsp3) is 0.250. The number of halogens is 1. The number of imidazole rings is 1. The molecule has 1 N–H and O–H groups in total. The number of aromatic nitrogens is 2. The van der Waals surface area contributed by atoms with Crippen LogP contribution in [-0.2, 0) is 23.5 Å². The van der Waals surface area contributed by atoms with Crippen LogP contribution in [0.3, 0.4) is 0 Å². The van der Waals surface area contributed by atoms with Crippen LogP contribution in [0.5, 0.6) is 5.75 Å². The summed E-state index contributed by atoms with van der Waals surface area (Å²) in [6.45, 7) is 0.623. The molecule has 0 unspecified atom stereocenters. The number of rotatable bonds is 3. The van der Waals surface area contributed by atoms with Crippen LogP contribution in [-0.4, -0.2) is 24.6 Å². The van der Waals surface area contributed by atoms with Gasteiger partial charge in [0, 0.05) is 19.2 Å². The fourth-order valence-corrected chi connectivity index (χ4v) is 3.51. The maximum absolute atomic E-state index is 12.2. The highest BCUT2D eigenvalue weighted by molar-refractivity contribution is 7.92. The van der Waals surface area contributed by atoms with E-state index in [0.29, 0.717) is 12.3 Å². The molecule has 1 aliphatic rings. The summed E-state index contributed by atoms with van der Waals surface area (Å²) in [5.74, 6) is 0.795. The van der Waals surface area contributed by atoms with Crippen LogP contribution >= 0.6 is 11.6 Å². The number of nitrogens with zero attached hydrogens (tertiary/aromatic N) is 2. The summed E-state index contributed by atoms with van der Waals surface area (Å²) in [6, 6.07) is 5.16. The Bertz CT molecular complexity index is 770. The molecule has 0 bridgehead atoms. The molecule has 0 fully saturated rings. The van der Waals surface area contributed by atoms with Gasteiger partial charge in [-0.15, -0.1) is 0 Å². The van der Waals surface area contributed by atoms with Crippen molar-refractivity contribution >= 4 is 27.3 Å². The lowest BCUT2D eigenvalue weighted by Crippen LogP contribution is -2.14. The van der Waals surface area contributed by atoms with E-state index in [4.69, 9.17) is 16.3 Å². The van der Waals surface area contributed by atoms with Crippen molar-refractivity contribution in [1.82, 2.24) is 9.55 Å². The summed E-state index contributed by atoms with van der Waals surface area (Å²) in [6.07, 6.45) is 2.13. The van der Waals surface area contributed by atoms with E-state index in [1.54, 1.807) is 25.2 Å². The van der Waals surface area contributed by atoms with Crippen LogP contribution in [0.2, 0.25) is 5.15 Å². The zero-order valence-corrected chi connectivity index (χ0v) is 12.2. The summed E-state index contributed by atoms with van der Waals surface area (Å²) in [5, 5.41) is -0.111. The van der Waals surface area contributed by atoms with Gasteiger partial charge in [-0.3, -0.25) is 4.72 Å². The Labute approximate surface area is 121 Å². The minimum atomic E-state index is -3.80. The molecule has 3 rings (SSSR count). The molecule has 0 saturated heterocycles. The van der Waals surface area contributed by atoms with Gasteiger partial charge in [-0.2, -0.15) is 8.42 Å². The van der Waals surface area contributed by atoms with Gasteiger partial charge < -0.3 is 9.30 Å². The fourth-order valence-electron chi connectivity index (χ4n) is 2.03. The summed E-state index contributed by atoms with van der Waals surface area (Å²) in [4.78, 5) is 3.81. The molecule has 0 aliphatic carbocycles. The van der Waals surface area contributed by atoms with E-state index in [2.05, 4.69) is 9.71 Å². The van der Waals surface area contributed by atoms with Crippen molar-refractivity contribution in [2.45, 2.75) is 11.4 Å². The number of sulfonamides is 1. The van der Waals surface area contributed by atoms with E-state index in [0.717, 1.165) is 17.7 Å². The number of fused-ring (bicyclic) bond motifs is 1. The molecule has 0 amide bonds. The molecule has 8 heteroatoms. The summed E-state index contributed by atoms with van der Waals surface area (Å²) in [7, 11) is -2.17. The Morgan fingerprint density at radius 3 is 2.95 bits per heavy atom. The molecule has 1 aromatic heterocycles. The molecule has 2 heterocycles. The van der Waals surface area contributed by atoms with Crippen molar-refractivity contribution in [3.8, 4) is 5.75 Å². The first kappa shape index (κ1) is 13.3. The normalized spacial score (nSPS) is 13.9. The van der Waals surface area contributed by atoms with Gasteiger partial charge in [0.15, 0.2) is 0 Å². The standard InChI is InChI=1S/C12H12ClN3O3S/c1-16-7-14-12(11(16)13)20(17,18)15-9-2-3-10-8(6-9)4-5-19-10/h2-3,6-7,15H,4-5H2,1H3. The van der Waals surface area contributed by atoms with Crippen molar-refractivity contribution in [3.05, 3.63) is 35.2 Å². The number of ether oxygens (including phenoxy) is 1. The number of benzene rings is 1. The zero-order valence-electron chi connectivity index (χ0n) is 10.6. The van der Waals surface area contributed by atoms with Gasteiger partial charge in [-0.05, 0) is 23.8 Å². The van der Waals surface area contributed by atoms with Crippen molar-refractivity contribution < 1.29 is 13.2 Å². The van der Waals surface area contributed by atoms with Crippen LogP contribution in [0.1, 0.15) is 5.56 Å². The quantitative estimate of drug-likeness (QED) is 0.938. The van der Waals surface area contributed by atoms with Crippen LogP contribution in [0, 0.1) is 0 Å². The van der Waals surface area contributed by atoms with E-state index < -0.39 is 10.0 Å². The van der Waals surface area contributed by atoms with E-state index in [-0.39, 0.29) is 10.2 Å². The Hall–Kier alpha value is -1.73. The van der Waals surface area contributed by atoms with Gasteiger partial charge in [0.25, 0.3) is 10.0 Å². The first-order valence-electron chi connectivity index (χ1n) is 5.93. The maximum atomic E-state index is 12.2. The van der Waals surface area contributed by atoms with Gasteiger partial charge in [0.2, 0.25) is 5.03 Å². The van der Waals surface area contributed by atoms with Crippen molar-refractivity contribution in [1.29, 1.82) is 0 Å². The maximum Gasteiger partial charge on any atom is 0.282 e. The topological polar surface area (TPSA) is 73.2 Å². The summed E-state index contributed by atoms with van der Waals surface area (Å²) >= 11 is 5.91. The molecule has 1 aliphatic heterocycles. The molecule has 106 valence electrons. The lowest BCUT2D eigenvalue weighted by molar-refractivity contribution is 0.357. The Morgan fingerprint density at radius 1 is 1.45 bits per heavy atom. The number of aryl methyl sites for hydroxylation is 1. The number of hydrogen-bond acceptors (Lipinski definition) is 4. The molecule has 6 nitrogen and oxygen atoms in total. The zero-order chi connectivity index (χ0) is 14.3. The monoisotopic (exact) mass is 313 g/mol. The highest BCUT2D eigenvalue weighted by atomic mass is 35.5. The minimum Gasteiger partial charge on any atom is -0.493 e. The smallest absolute Gasteiger partial charge is 0.282 e. The van der Waals surface area contributed by atoms with Crippen molar-refractivity contribution in [3.63, 3.8) is 0 Å². The summed E-state index contributed by atoms with van der Waals surface area (Å²) in [5.41, 5.74) is 1.45. The van der Waals surface area contributed by atoms with Crippen molar-refractivity contribution in [2.24, 2.45) is 7.05 Å². The number of hydrogen-bond donors (Lipinski definition) is 1. The van der Waals surface area contributed by atoms with Crippen LogP contribution in [0.25, 0.3) is 0 Å². The van der Waals surface area contributed by atoms with Crippen LogP contribution in [0.15, 0.2) is 29.6 Å². The number of anilines is 1. The molecule has 0 atom stereocenters. The molecule has 0 radical (unpaired) electrons. The molecule has 1 aromatic carbocycles. The van der Waals surface area contributed by atoms with Crippen molar-refractivity contribution in [2.75, 3.05) is 11.3 Å². The second-order valence-electron chi connectivity index (χ2n) is 4.48. The predicted octanol–water partition coefficient (Wildman–Crippen LogP) is 1.81. The lowest BCUT2D eigenvalue weighted by atomic mass is 10.1. The molecule has 2 aromatic rings. The minimum absolute atomic E-state index is 0.0713. The molecular weight excluding hydrogens is 302 g/mol. The van der Waals surface area contributed by atoms with E-state index in [1.807, 2.05) is 0 Å². The van der Waals surface area contributed by atoms with E-state index in [1.165, 1.54) is 10.9 Å². The van der Waals surface area contributed by atoms with E-state index >= 15 is 0 Å². The largest absolute Gasteiger partial charge is 0.493 e. The van der Waals surface area contributed by atoms with Gasteiger partial charge in [0.1, 0.15) is 10.9 Å². The average Bonchev–Trinajstić information content (AvgIpc) is 2.97. The SMILES string of the molecule is Cn1cnc(S(=O)(=O)Nc2ccc3c(c2)CCO3)c1Cl. The highest BCUT2D eigenvalue weighted by Gasteiger charge is 2.23. The average molecular weight is 314 g/mol. The first-order chi connectivity index (χ1) is 9.47. The van der Waals surface area contributed by atoms with E-state index in [9.17, 15) is 8.42 Å². The van der Waals surface area contributed by atoms with Gasteiger partial charge in [-0.1, -0.05) is 11.6 Å². The molecular formula is C12H12ClN3O3S.